The monoisotopic (exact) mass is 403 g/mol. The Morgan fingerprint density at radius 1 is 1.10 bits per heavy atom. The van der Waals surface area contributed by atoms with Crippen LogP contribution in [0.5, 0.6) is 5.75 Å². The number of hydrogen-bond acceptors (Lipinski definition) is 4. The van der Waals surface area contributed by atoms with Gasteiger partial charge in [-0.25, -0.2) is 4.79 Å². The molecule has 0 aliphatic rings. The second-order valence-corrected chi connectivity index (χ2v) is 6.30. The minimum Gasteiger partial charge on any atom is -0.435 e. The van der Waals surface area contributed by atoms with Crippen LogP contribution in [0.2, 0.25) is 0 Å². The molecular formula is C20H19F2N3O4. The zero-order valence-corrected chi connectivity index (χ0v) is 15.4. The van der Waals surface area contributed by atoms with Crippen LogP contribution in [0.3, 0.4) is 0 Å². The van der Waals surface area contributed by atoms with Gasteiger partial charge in [0.25, 0.3) is 5.56 Å². The molecule has 152 valence electrons. The van der Waals surface area contributed by atoms with Crippen LogP contribution in [0.15, 0.2) is 58.1 Å². The van der Waals surface area contributed by atoms with Crippen LogP contribution in [-0.4, -0.2) is 28.6 Å². The van der Waals surface area contributed by atoms with Crippen LogP contribution in [0.4, 0.5) is 8.78 Å². The fourth-order valence-corrected chi connectivity index (χ4v) is 2.95. The summed E-state index contributed by atoms with van der Waals surface area (Å²) < 4.78 is 29.9. The SMILES string of the molecule is O=C(CCn1c(=O)[nH]c(=O)c2ccccc21)NCCc1ccc(OC(F)F)cc1. The number of rotatable bonds is 8. The molecular weight excluding hydrogens is 384 g/mol. The molecule has 7 nitrogen and oxygen atoms in total. The van der Waals surface area contributed by atoms with Crippen molar-refractivity contribution in [2.24, 2.45) is 0 Å². The summed E-state index contributed by atoms with van der Waals surface area (Å²) in [5.74, 6) is -0.170. The number of alkyl halides is 2. The van der Waals surface area contributed by atoms with Crippen molar-refractivity contribution in [3.8, 4) is 5.75 Å². The number of H-pyrrole nitrogens is 1. The number of fused-ring (bicyclic) bond motifs is 1. The molecule has 2 aromatic carbocycles. The number of benzene rings is 2. The molecule has 3 aromatic rings. The number of carbonyl (C=O) groups excluding carboxylic acids is 1. The molecule has 29 heavy (non-hydrogen) atoms. The Hall–Kier alpha value is -3.49. The Kier molecular flexibility index (Phi) is 6.38. The van der Waals surface area contributed by atoms with Crippen molar-refractivity contribution in [1.29, 1.82) is 0 Å². The number of aryl methyl sites for hydroxylation is 1. The quantitative estimate of drug-likeness (QED) is 0.602. The fraction of sp³-hybridized carbons (Fsp3) is 0.250. The third-order valence-electron chi connectivity index (χ3n) is 4.35. The standard InChI is InChI=1S/C20H19F2N3O4/c21-19(22)29-14-7-5-13(6-8-14)9-11-23-17(26)10-12-25-16-4-2-1-3-15(16)18(27)24-20(25)28/h1-8,19H,9-12H2,(H,23,26)(H,24,27,28). The Morgan fingerprint density at radius 3 is 2.55 bits per heavy atom. The molecule has 1 amide bonds. The predicted molar refractivity (Wildman–Crippen MR) is 103 cm³/mol. The molecule has 0 fully saturated rings. The maximum Gasteiger partial charge on any atom is 0.387 e. The first-order valence-electron chi connectivity index (χ1n) is 8.96. The first-order valence-corrected chi connectivity index (χ1v) is 8.96. The summed E-state index contributed by atoms with van der Waals surface area (Å²) in [4.78, 5) is 38.3. The number of amides is 1. The smallest absolute Gasteiger partial charge is 0.387 e. The third kappa shape index (κ3) is 5.28. The number of halogens is 2. The van der Waals surface area contributed by atoms with Crippen molar-refractivity contribution in [2.75, 3.05) is 6.54 Å². The Labute approximate surface area is 163 Å². The van der Waals surface area contributed by atoms with E-state index in [4.69, 9.17) is 0 Å². The lowest BCUT2D eigenvalue weighted by Crippen LogP contribution is -2.33. The van der Waals surface area contributed by atoms with E-state index in [1.54, 1.807) is 36.4 Å². The summed E-state index contributed by atoms with van der Waals surface area (Å²) >= 11 is 0. The highest BCUT2D eigenvalue weighted by molar-refractivity contribution is 5.78. The van der Waals surface area contributed by atoms with Crippen LogP contribution < -0.4 is 21.3 Å². The van der Waals surface area contributed by atoms with Crippen LogP contribution in [0.25, 0.3) is 10.9 Å². The fourth-order valence-electron chi connectivity index (χ4n) is 2.95. The van der Waals surface area contributed by atoms with Gasteiger partial charge in [0.1, 0.15) is 5.75 Å². The van der Waals surface area contributed by atoms with E-state index in [-0.39, 0.29) is 24.6 Å². The Morgan fingerprint density at radius 2 is 1.83 bits per heavy atom. The first kappa shape index (κ1) is 20.2. The van der Waals surface area contributed by atoms with Gasteiger partial charge in [0.2, 0.25) is 5.91 Å². The van der Waals surface area contributed by atoms with E-state index in [1.807, 2.05) is 0 Å². The lowest BCUT2D eigenvalue weighted by molar-refractivity contribution is -0.121. The number of ether oxygens (including phenoxy) is 1. The molecule has 0 unspecified atom stereocenters. The van der Waals surface area contributed by atoms with Gasteiger partial charge in [-0.15, -0.1) is 0 Å². The molecule has 0 bridgehead atoms. The Balaban J connectivity index is 1.53. The zero-order chi connectivity index (χ0) is 20.8. The van der Waals surface area contributed by atoms with Gasteiger partial charge in [0.15, 0.2) is 0 Å². The number of nitrogens with zero attached hydrogens (tertiary/aromatic N) is 1. The summed E-state index contributed by atoms with van der Waals surface area (Å²) in [7, 11) is 0. The number of aromatic nitrogens is 2. The van der Waals surface area contributed by atoms with E-state index in [2.05, 4.69) is 15.0 Å². The average molecular weight is 403 g/mol. The summed E-state index contributed by atoms with van der Waals surface area (Å²) in [6, 6.07) is 12.9. The van der Waals surface area contributed by atoms with E-state index < -0.39 is 17.9 Å². The van der Waals surface area contributed by atoms with Crippen molar-refractivity contribution in [3.63, 3.8) is 0 Å². The van der Waals surface area contributed by atoms with Crippen molar-refractivity contribution in [2.45, 2.75) is 26.0 Å². The van der Waals surface area contributed by atoms with Crippen molar-refractivity contribution >= 4 is 16.8 Å². The van der Waals surface area contributed by atoms with Gasteiger partial charge >= 0.3 is 12.3 Å². The van der Waals surface area contributed by atoms with Gasteiger partial charge in [0, 0.05) is 19.5 Å². The van der Waals surface area contributed by atoms with E-state index in [9.17, 15) is 23.2 Å². The van der Waals surface area contributed by atoms with Crippen molar-refractivity contribution in [3.05, 3.63) is 74.9 Å². The molecule has 0 radical (unpaired) electrons. The van der Waals surface area contributed by atoms with Gasteiger partial charge in [0.05, 0.1) is 10.9 Å². The van der Waals surface area contributed by atoms with E-state index in [1.165, 1.54) is 16.7 Å². The van der Waals surface area contributed by atoms with Crippen molar-refractivity contribution in [1.82, 2.24) is 14.9 Å². The molecule has 0 aliphatic heterocycles. The topological polar surface area (TPSA) is 93.2 Å². The van der Waals surface area contributed by atoms with E-state index in [0.29, 0.717) is 23.9 Å². The average Bonchev–Trinajstić information content (AvgIpc) is 2.69. The van der Waals surface area contributed by atoms with Crippen molar-refractivity contribution < 1.29 is 18.3 Å². The molecule has 2 N–H and O–H groups in total. The molecule has 1 aromatic heterocycles. The van der Waals surface area contributed by atoms with Gasteiger partial charge in [-0.1, -0.05) is 24.3 Å². The van der Waals surface area contributed by atoms with Crippen LogP contribution in [0.1, 0.15) is 12.0 Å². The van der Waals surface area contributed by atoms with E-state index >= 15 is 0 Å². The minimum atomic E-state index is -2.87. The molecule has 3 rings (SSSR count). The highest BCUT2D eigenvalue weighted by Crippen LogP contribution is 2.15. The summed E-state index contributed by atoms with van der Waals surface area (Å²) in [5.41, 5.74) is 0.304. The number of aromatic amines is 1. The van der Waals surface area contributed by atoms with Gasteiger partial charge in [-0.3, -0.25) is 19.1 Å². The lowest BCUT2D eigenvalue weighted by atomic mass is 10.1. The summed E-state index contributed by atoms with van der Waals surface area (Å²) in [6.07, 6.45) is 0.583. The Bertz CT molecular complexity index is 1110. The van der Waals surface area contributed by atoms with Gasteiger partial charge in [-0.2, -0.15) is 8.78 Å². The second-order valence-electron chi connectivity index (χ2n) is 6.30. The maximum atomic E-state index is 12.1. The normalized spacial score (nSPS) is 11.0. The molecule has 0 saturated heterocycles. The zero-order valence-electron chi connectivity index (χ0n) is 15.4. The van der Waals surface area contributed by atoms with Gasteiger partial charge < -0.3 is 10.1 Å². The highest BCUT2D eigenvalue weighted by Gasteiger charge is 2.09. The predicted octanol–water partition coefficient (Wildman–Crippen LogP) is 2.04. The number of carbonyl (C=O) groups is 1. The molecule has 1 heterocycles. The minimum absolute atomic E-state index is 0.0666. The number of hydrogen-bond donors (Lipinski definition) is 2. The summed E-state index contributed by atoms with van der Waals surface area (Å²) in [5, 5.41) is 3.13. The molecule has 0 spiro atoms. The van der Waals surface area contributed by atoms with E-state index in [0.717, 1.165) is 5.56 Å². The van der Waals surface area contributed by atoms with Gasteiger partial charge in [-0.05, 0) is 36.2 Å². The first-order chi connectivity index (χ1) is 13.9. The molecule has 0 aliphatic carbocycles. The third-order valence-corrected chi connectivity index (χ3v) is 4.35. The van der Waals surface area contributed by atoms with Crippen LogP contribution in [0, 0.1) is 0 Å². The number of para-hydroxylation sites is 1. The highest BCUT2D eigenvalue weighted by atomic mass is 19.3. The summed E-state index contributed by atoms with van der Waals surface area (Å²) in [6.45, 7) is -2.39. The largest absolute Gasteiger partial charge is 0.435 e. The molecule has 0 saturated carbocycles. The number of nitrogens with one attached hydrogen (secondary N) is 2. The lowest BCUT2D eigenvalue weighted by Gasteiger charge is -2.10. The van der Waals surface area contributed by atoms with Crippen LogP contribution in [-0.2, 0) is 17.8 Å². The molecule has 9 heteroatoms. The second kappa shape index (κ2) is 9.13. The maximum absolute atomic E-state index is 12.1. The van der Waals surface area contributed by atoms with Crippen LogP contribution >= 0.6 is 0 Å². The molecule has 0 atom stereocenters.